The summed E-state index contributed by atoms with van der Waals surface area (Å²) >= 11 is 5.97. The van der Waals surface area contributed by atoms with Gasteiger partial charge >= 0.3 is 0 Å². The van der Waals surface area contributed by atoms with E-state index in [1.807, 2.05) is 48.5 Å². The lowest BCUT2D eigenvalue weighted by molar-refractivity contribution is 0.102. The predicted molar refractivity (Wildman–Crippen MR) is 93.4 cm³/mol. The second-order valence-electron chi connectivity index (χ2n) is 4.89. The number of rotatable bonds is 4. The molecule has 0 aliphatic carbocycles. The van der Waals surface area contributed by atoms with E-state index in [2.05, 4.69) is 15.6 Å². The Morgan fingerprint density at radius 3 is 2.39 bits per heavy atom. The molecule has 0 aliphatic rings. The maximum atomic E-state index is 12.3. The van der Waals surface area contributed by atoms with Crippen LogP contribution in [0, 0.1) is 0 Å². The first-order chi connectivity index (χ1) is 11.2. The van der Waals surface area contributed by atoms with Crippen molar-refractivity contribution in [2.45, 2.75) is 0 Å². The fourth-order valence-corrected chi connectivity index (χ4v) is 2.27. The molecule has 114 valence electrons. The second-order valence-corrected chi connectivity index (χ2v) is 5.32. The number of carbonyl (C=O) groups excluding carboxylic acids is 1. The van der Waals surface area contributed by atoms with E-state index in [9.17, 15) is 4.79 Å². The molecule has 0 fully saturated rings. The number of para-hydroxylation sites is 1. The Balaban J connectivity index is 1.75. The smallest absolute Gasteiger partial charge is 0.274 e. The van der Waals surface area contributed by atoms with E-state index in [1.54, 1.807) is 24.4 Å². The third-order valence-electron chi connectivity index (χ3n) is 3.14. The number of nitrogens with one attached hydrogen (secondary N) is 2. The highest BCUT2D eigenvalue weighted by molar-refractivity contribution is 6.30. The van der Waals surface area contributed by atoms with Crippen molar-refractivity contribution in [1.82, 2.24) is 4.98 Å². The topological polar surface area (TPSA) is 54.0 Å². The van der Waals surface area contributed by atoms with E-state index in [4.69, 9.17) is 11.6 Å². The van der Waals surface area contributed by atoms with Gasteiger partial charge in [-0.25, -0.2) is 0 Å². The van der Waals surface area contributed by atoms with E-state index < -0.39 is 0 Å². The van der Waals surface area contributed by atoms with Crippen LogP contribution in [-0.4, -0.2) is 10.9 Å². The van der Waals surface area contributed by atoms with Crippen molar-refractivity contribution in [3.05, 3.63) is 83.6 Å². The number of hydrogen-bond acceptors (Lipinski definition) is 3. The molecule has 23 heavy (non-hydrogen) atoms. The standard InChI is InChI=1S/C18H14ClN3O/c19-13-5-4-8-15(11-13)21-16-9-10-20-17(12-16)18(23)22-14-6-2-1-3-7-14/h1-12H,(H,20,21)(H,22,23). The fourth-order valence-electron chi connectivity index (χ4n) is 2.08. The summed E-state index contributed by atoms with van der Waals surface area (Å²) in [5.41, 5.74) is 2.67. The summed E-state index contributed by atoms with van der Waals surface area (Å²) in [6, 6.07) is 20.1. The Kier molecular flexibility index (Phi) is 4.54. The minimum atomic E-state index is -0.258. The summed E-state index contributed by atoms with van der Waals surface area (Å²) in [6.07, 6.45) is 1.59. The second kappa shape index (κ2) is 6.94. The van der Waals surface area contributed by atoms with Crippen LogP contribution in [-0.2, 0) is 0 Å². The molecule has 5 heteroatoms. The number of benzene rings is 2. The van der Waals surface area contributed by atoms with Gasteiger partial charge in [0, 0.05) is 28.3 Å². The van der Waals surface area contributed by atoms with E-state index >= 15 is 0 Å². The molecule has 4 nitrogen and oxygen atoms in total. The van der Waals surface area contributed by atoms with Crippen molar-refractivity contribution in [2.24, 2.45) is 0 Å². The molecule has 3 aromatic rings. The van der Waals surface area contributed by atoms with Gasteiger partial charge < -0.3 is 10.6 Å². The molecule has 3 rings (SSSR count). The van der Waals surface area contributed by atoms with Gasteiger partial charge in [0.2, 0.25) is 0 Å². The normalized spacial score (nSPS) is 10.1. The summed E-state index contributed by atoms with van der Waals surface area (Å²) in [6.45, 7) is 0. The first-order valence-corrected chi connectivity index (χ1v) is 7.43. The lowest BCUT2D eigenvalue weighted by Crippen LogP contribution is -2.13. The number of carbonyl (C=O) groups is 1. The van der Waals surface area contributed by atoms with E-state index in [0.717, 1.165) is 17.1 Å². The zero-order valence-electron chi connectivity index (χ0n) is 12.2. The van der Waals surface area contributed by atoms with Gasteiger partial charge in [0.25, 0.3) is 5.91 Å². The first kappa shape index (κ1) is 15.1. The van der Waals surface area contributed by atoms with Gasteiger partial charge in [-0.05, 0) is 42.5 Å². The van der Waals surface area contributed by atoms with Gasteiger partial charge in [-0.15, -0.1) is 0 Å². The molecule has 0 atom stereocenters. The molecule has 0 unspecified atom stereocenters. The van der Waals surface area contributed by atoms with Gasteiger partial charge in [0.05, 0.1) is 0 Å². The quantitative estimate of drug-likeness (QED) is 0.729. The Morgan fingerprint density at radius 1 is 0.870 bits per heavy atom. The van der Waals surface area contributed by atoms with Gasteiger partial charge in [0.15, 0.2) is 0 Å². The molecule has 0 saturated heterocycles. The van der Waals surface area contributed by atoms with Gasteiger partial charge in [-0.3, -0.25) is 9.78 Å². The molecule has 0 bridgehead atoms. The molecule has 2 aromatic carbocycles. The minimum Gasteiger partial charge on any atom is -0.355 e. The zero-order valence-corrected chi connectivity index (χ0v) is 12.9. The van der Waals surface area contributed by atoms with Gasteiger partial charge in [0.1, 0.15) is 5.69 Å². The van der Waals surface area contributed by atoms with Crippen LogP contribution in [0.3, 0.4) is 0 Å². The summed E-state index contributed by atoms with van der Waals surface area (Å²) in [7, 11) is 0. The average Bonchev–Trinajstić information content (AvgIpc) is 2.56. The van der Waals surface area contributed by atoms with Crippen molar-refractivity contribution < 1.29 is 4.79 Å². The summed E-state index contributed by atoms with van der Waals surface area (Å²) in [5, 5.41) is 6.65. The highest BCUT2D eigenvalue weighted by Gasteiger charge is 2.08. The number of aromatic nitrogens is 1. The monoisotopic (exact) mass is 323 g/mol. The summed E-state index contributed by atoms with van der Waals surface area (Å²) < 4.78 is 0. The van der Waals surface area contributed by atoms with Crippen LogP contribution in [0.15, 0.2) is 72.9 Å². The summed E-state index contributed by atoms with van der Waals surface area (Å²) in [4.78, 5) is 16.4. The third-order valence-corrected chi connectivity index (χ3v) is 3.37. The zero-order chi connectivity index (χ0) is 16.1. The Hall–Kier alpha value is -2.85. The first-order valence-electron chi connectivity index (χ1n) is 7.06. The molecule has 2 N–H and O–H groups in total. The lowest BCUT2D eigenvalue weighted by Gasteiger charge is -2.09. The van der Waals surface area contributed by atoms with E-state index in [-0.39, 0.29) is 5.91 Å². The molecule has 1 amide bonds. The van der Waals surface area contributed by atoms with Crippen LogP contribution in [0.25, 0.3) is 0 Å². The van der Waals surface area contributed by atoms with Crippen LogP contribution in [0.5, 0.6) is 0 Å². The van der Waals surface area contributed by atoms with Crippen molar-refractivity contribution in [3.63, 3.8) is 0 Å². The van der Waals surface area contributed by atoms with Gasteiger partial charge in [-0.2, -0.15) is 0 Å². The van der Waals surface area contributed by atoms with Crippen LogP contribution in [0.4, 0.5) is 17.1 Å². The maximum absolute atomic E-state index is 12.3. The third kappa shape index (κ3) is 4.08. The number of nitrogens with zero attached hydrogens (tertiary/aromatic N) is 1. The SMILES string of the molecule is O=C(Nc1ccccc1)c1cc(Nc2cccc(Cl)c2)ccn1. The average molecular weight is 324 g/mol. The van der Waals surface area contributed by atoms with E-state index in [0.29, 0.717) is 10.7 Å². The molecule has 0 aliphatic heterocycles. The molecule has 1 heterocycles. The fraction of sp³-hybridized carbons (Fsp3) is 0. The number of pyridine rings is 1. The molecule has 0 radical (unpaired) electrons. The highest BCUT2D eigenvalue weighted by atomic mass is 35.5. The predicted octanol–water partition coefficient (Wildman–Crippen LogP) is 4.73. The molecule has 1 aromatic heterocycles. The van der Waals surface area contributed by atoms with Crippen LogP contribution >= 0.6 is 11.6 Å². The van der Waals surface area contributed by atoms with Crippen LogP contribution in [0.1, 0.15) is 10.5 Å². The number of hydrogen-bond donors (Lipinski definition) is 2. The Labute approximate surface area is 139 Å². The number of amides is 1. The molecular formula is C18H14ClN3O. The molecular weight excluding hydrogens is 310 g/mol. The van der Waals surface area contributed by atoms with Crippen molar-refractivity contribution in [2.75, 3.05) is 10.6 Å². The maximum Gasteiger partial charge on any atom is 0.274 e. The van der Waals surface area contributed by atoms with Crippen LogP contribution in [0.2, 0.25) is 5.02 Å². The number of halogens is 1. The minimum absolute atomic E-state index is 0.258. The Morgan fingerprint density at radius 2 is 1.61 bits per heavy atom. The summed E-state index contributed by atoms with van der Waals surface area (Å²) in [5.74, 6) is -0.258. The van der Waals surface area contributed by atoms with Crippen molar-refractivity contribution in [1.29, 1.82) is 0 Å². The van der Waals surface area contributed by atoms with Crippen molar-refractivity contribution in [3.8, 4) is 0 Å². The lowest BCUT2D eigenvalue weighted by atomic mass is 10.2. The van der Waals surface area contributed by atoms with E-state index in [1.165, 1.54) is 0 Å². The van der Waals surface area contributed by atoms with Gasteiger partial charge in [-0.1, -0.05) is 35.9 Å². The highest BCUT2D eigenvalue weighted by Crippen LogP contribution is 2.20. The largest absolute Gasteiger partial charge is 0.355 e. The van der Waals surface area contributed by atoms with Crippen molar-refractivity contribution >= 4 is 34.6 Å². The molecule has 0 saturated carbocycles. The number of anilines is 3. The Bertz CT molecular complexity index is 821. The molecule has 0 spiro atoms. The van der Waals surface area contributed by atoms with Crippen LogP contribution < -0.4 is 10.6 Å².